The van der Waals surface area contributed by atoms with Crippen LogP contribution in [0.25, 0.3) is 16.4 Å². The average molecular weight is 571 g/mol. The van der Waals surface area contributed by atoms with E-state index in [2.05, 4.69) is 15.5 Å². The average Bonchev–Trinajstić information content (AvgIpc) is 3.47. The number of carbonyl (C=O) groups excluding carboxylic acids is 2. The highest BCUT2D eigenvalue weighted by Crippen LogP contribution is 2.30. The van der Waals surface area contributed by atoms with Gasteiger partial charge in [0.1, 0.15) is 24.0 Å². The number of fused-ring (bicyclic) bond motifs is 2. The Hall–Kier alpha value is -4.26. The van der Waals surface area contributed by atoms with E-state index < -0.39 is 24.0 Å². The first-order chi connectivity index (χ1) is 19.4. The highest BCUT2D eigenvalue weighted by atomic mass is 19.3. The van der Waals surface area contributed by atoms with Crippen molar-refractivity contribution in [2.45, 2.75) is 70.8 Å². The molecule has 3 aromatic heterocycles. The Bertz CT molecular complexity index is 1600. The summed E-state index contributed by atoms with van der Waals surface area (Å²) in [7, 11) is 0. The smallest absolute Gasteiger partial charge is 0.333 e. The Morgan fingerprint density at radius 1 is 1.15 bits per heavy atom. The van der Waals surface area contributed by atoms with Gasteiger partial charge in [-0.2, -0.15) is 13.9 Å². The van der Waals surface area contributed by atoms with Gasteiger partial charge in [0, 0.05) is 23.2 Å². The molecule has 0 bridgehead atoms. The molecular formula is C28H32F2N6O5. The molecule has 0 saturated heterocycles. The number of aliphatic hydroxyl groups is 1. The summed E-state index contributed by atoms with van der Waals surface area (Å²) in [6.07, 6.45) is 2.04. The Morgan fingerprint density at radius 3 is 2.54 bits per heavy atom. The molecular weight excluding hydrogens is 538 g/mol. The quantitative estimate of drug-likeness (QED) is 0.278. The number of alkyl halides is 2. The Kier molecular flexibility index (Phi) is 7.56. The summed E-state index contributed by atoms with van der Waals surface area (Å²) < 4.78 is 41.3. The van der Waals surface area contributed by atoms with Crippen molar-refractivity contribution < 1.29 is 33.0 Å². The standard InChI is InChI=1S/C28H32F2N6O5/c1-15-5-4-6-20-22(24(31)37)26(34-35(15)20)41-17-9-7-16(8-10-17)32-25(38)23-19-12-11-18(40-14-28(2,3)39)13-21(19)36(33-23)27(29)30/h4-6,11-13,16-17,27,39H,7-10,14H2,1-3H3,(H2,31,37)(H,32,38). The lowest BCUT2D eigenvalue weighted by atomic mass is 9.92. The zero-order chi connectivity index (χ0) is 29.5. The van der Waals surface area contributed by atoms with E-state index in [9.17, 15) is 23.5 Å². The number of aromatic nitrogens is 4. The number of aryl methyl sites for hydroxylation is 1. The van der Waals surface area contributed by atoms with Gasteiger partial charge in [-0.15, -0.1) is 5.10 Å². The Balaban J connectivity index is 1.26. The second kappa shape index (κ2) is 11.0. The van der Waals surface area contributed by atoms with Gasteiger partial charge in [-0.25, -0.2) is 9.20 Å². The summed E-state index contributed by atoms with van der Waals surface area (Å²) >= 11 is 0. The zero-order valence-electron chi connectivity index (χ0n) is 22.9. The minimum Gasteiger partial charge on any atom is -0.491 e. The van der Waals surface area contributed by atoms with E-state index in [1.807, 2.05) is 19.1 Å². The number of nitrogens with zero attached hydrogens (tertiary/aromatic N) is 4. The number of ether oxygens (including phenoxy) is 2. The lowest BCUT2D eigenvalue weighted by molar-refractivity contribution is 0.0284. The fraction of sp³-hybridized carbons (Fsp3) is 0.429. The van der Waals surface area contributed by atoms with Gasteiger partial charge in [0.05, 0.1) is 16.6 Å². The van der Waals surface area contributed by atoms with Crippen LogP contribution in [0.15, 0.2) is 36.4 Å². The second-order valence-electron chi connectivity index (χ2n) is 10.9. The number of primary amides is 1. The molecule has 11 nitrogen and oxygen atoms in total. The van der Waals surface area contributed by atoms with Gasteiger partial charge in [0.25, 0.3) is 11.8 Å². The monoisotopic (exact) mass is 570 g/mol. The van der Waals surface area contributed by atoms with Crippen LogP contribution < -0.4 is 20.5 Å². The molecule has 4 N–H and O–H groups in total. The van der Waals surface area contributed by atoms with E-state index in [0.29, 0.717) is 35.9 Å². The fourth-order valence-corrected chi connectivity index (χ4v) is 5.02. The number of benzene rings is 1. The van der Waals surface area contributed by atoms with E-state index in [0.717, 1.165) is 5.69 Å². The summed E-state index contributed by atoms with van der Waals surface area (Å²) in [6.45, 7) is 1.98. The predicted octanol–water partition coefficient (Wildman–Crippen LogP) is 3.76. The van der Waals surface area contributed by atoms with Crippen molar-refractivity contribution in [3.8, 4) is 11.6 Å². The Labute approximate surface area is 234 Å². The number of nitrogens with two attached hydrogens (primary N) is 1. The summed E-state index contributed by atoms with van der Waals surface area (Å²) in [5, 5.41) is 21.4. The van der Waals surface area contributed by atoms with Gasteiger partial charge in [0.15, 0.2) is 5.69 Å². The third-order valence-corrected chi connectivity index (χ3v) is 7.02. The molecule has 0 radical (unpaired) electrons. The SMILES string of the molecule is Cc1cccc2c(C(N)=O)c(OC3CCC(NC(=O)c4nn(C(F)F)c5cc(OCC(C)(C)O)ccc45)CC3)nn12. The van der Waals surface area contributed by atoms with Crippen LogP contribution in [-0.4, -0.2) is 60.7 Å². The predicted molar refractivity (Wildman–Crippen MR) is 145 cm³/mol. The number of amides is 2. The van der Waals surface area contributed by atoms with Crippen molar-refractivity contribution >= 4 is 28.2 Å². The van der Waals surface area contributed by atoms with Crippen LogP contribution in [0.3, 0.4) is 0 Å². The zero-order valence-corrected chi connectivity index (χ0v) is 22.9. The minimum absolute atomic E-state index is 0.0400. The van der Waals surface area contributed by atoms with Gasteiger partial charge in [-0.05, 0) is 70.7 Å². The van der Waals surface area contributed by atoms with Crippen molar-refractivity contribution in [3.05, 3.63) is 53.3 Å². The van der Waals surface area contributed by atoms with E-state index >= 15 is 0 Å². The number of rotatable bonds is 9. The highest BCUT2D eigenvalue weighted by Gasteiger charge is 2.29. The number of hydrogen-bond acceptors (Lipinski definition) is 7. The molecule has 1 saturated carbocycles. The molecule has 41 heavy (non-hydrogen) atoms. The molecule has 1 aromatic carbocycles. The van der Waals surface area contributed by atoms with Crippen molar-refractivity contribution in [2.75, 3.05) is 6.61 Å². The maximum absolute atomic E-state index is 13.8. The number of pyridine rings is 1. The molecule has 1 fully saturated rings. The third-order valence-electron chi connectivity index (χ3n) is 7.02. The second-order valence-corrected chi connectivity index (χ2v) is 10.9. The van der Waals surface area contributed by atoms with Gasteiger partial charge >= 0.3 is 6.55 Å². The van der Waals surface area contributed by atoms with Crippen molar-refractivity contribution in [1.82, 2.24) is 24.7 Å². The molecule has 0 atom stereocenters. The highest BCUT2D eigenvalue weighted by molar-refractivity contribution is 6.05. The van der Waals surface area contributed by atoms with Crippen molar-refractivity contribution in [1.29, 1.82) is 0 Å². The first kappa shape index (κ1) is 28.3. The molecule has 13 heteroatoms. The van der Waals surface area contributed by atoms with Crippen molar-refractivity contribution in [3.63, 3.8) is 0 Å². The van der Waals surface area contributed by atoms with Gasteiger partial charge in [-0.1, -0.05) is 6.07 Å². The molecule has 218 valence electrons. The van der Waals surface area contributed by atoms with E-state index in [1.54, 1.807) is 30.5 Å². The van der Waals surface area contributed by atoms with Gasteiger partial charge < -0.3 is 25.6 Å². The molecule has 3 heterocycles. The molecule has 5 rings (SSSR count). The van der Waals surface area contributed by atoms with Crippen molar-refractivity contribution in [2.24, 2.45) is 5.73 Å². The molecule has 0 unspecified atom stereocenters. The van der Waals surface area contributed by atoms with E-state index in [1.165, 1.54) is 12.1 Å². The summed E-state index contributed by atoms with van der Waals surface area (Å²) in [5.41, 5.74) is 6.06. The molecule has 1 aliphatic rings. The fourth-order valence-electron chi connectivity index (χ4n) is 5.02. The molecule has 0 aliphatic heterocycles. The van der Waals surface area contributed by atoms with E-state index in [-0.39, 0.29) is 52.5 Å². The van der Waals surface area contributed by atoms with Gasteiger partial charge in [0.2, 0.25) is 5.88 Å². The van der Waals surface area contributed by atoms with Crippen LogP contribution in [0.4, 0.5) is 8.78 Å². The normalized spacial score (nSPS) is 17.7. The summed E-state index contributed by atoms with van der Waals surface area (Å²) in [4.78, 5) is 25.3. The lowest BCUT2D eigenvalue weighted by Gasteiger charge is -2.28. The number of nitrogens with one attached hydrogen (secondary N) is 1. The van der Waals surface area contributed by atoms with Crippen LogP contribution in [0.1, 0.15) is 72.6 Å². The summed E-state index contributed by atoms with van der Waals surface area (Å²) in [5.74, 6) is -0.745. The van der Waals surface area contributed by atoms with Crippen LogP contribution in [0, 0.1) is 6.92 Å². The molecule has 1 aliphatic carbocycles. The maximum Gasteiger partial charge on any atom is 0.333 e. The first-order valence-corrected chi connectivity index (χ1v) is 13.3. The lowest BCUT2D eigenvalue weighted by Crippen LogP contribution is -2.40. The topological polar surface area (TPSA) is 146 Å². The van der Waals surface area contributed by atoms with E-state index in [4.69, 9.17) is 15.2 Å². The van der Waals surface area contributed by atoms with Crippen LogP contribution >= 0.6 is 0 Å². The largest absolute Gasteiger partial charge is 0.491 e. The number of hydrogen-bond donors (Lipinski definition) is 3. The molecule has 0 spiro atoms. The van der Waals surface area contributed by atoms with Crippen LogP contribution in [-0.2, 0) is 0 Å². The Morgan fingerprint density at radius 2 is 1.88 bits per heavy atom. The summed E-state index contributed by atoms with van der Waals surface area (Å²) in [6, 6.07) is 9.64. The number of halogens is 2. The number of carbonyl (C=O) groups is 2. The third kappa shape index (κ3) is 5.94. The maximum atomic E-state index is 13.8. The molecule has 2 amide bonds. The van der Waals surface area contributed by atoms with Gasteiger partial charge in [-0.3, -0.25) is 9.59 Å². The molecule has 4 aromatic rings. The van der Waals surface area contributed by atoms with Crippen LogP contribution in [0.5, 0.6) is 11.6 Å². The first-order valence-electron chi connectivity index (χ1n) is 13.3. The van der Waals surface area contributed by atoms with Crippen LogP contribution in [0.2, 0.25) is 0 Å². The minimum atomic E-state index is -2.97.